The molecule has 0 aliphatic carbocycles. The van der Waals surface area contributed by atoms with Crippen LogP contribution in [-0.2, 0) is 9.53 Å². The molecule has 0 aromatic carbocycles. The van der Waals surface area contributed by atoms with Crippen LogP contribution in [-0.4, -0.2) is 74.2 Å². The van der Waals surface area contributed by atoms with E-state index >= 15 is 0 Å². The predicted octanol–water partition coefficient (Wildman–Crippen LogP) is 1.09. The Balaban J connectivity index is 1.37. The minimum absolute atomic E-state index is 0.142. The highest BCUT2D eigenvalue weighted by Gasteiger charge is 2.31. The van der Waals surface area contributed by atoms with Crippen molar-refractivity contribution in [3.05, 3.63) is 0 Å². The van der Waals surface area contributed by atoms with Crippen molar-refractivity contribution in [1.29, 1.82) is 0 Å². The van der Waals surface area contributed by atoms with Gasteiger partial charge in [-0.1, -0.05) is 0 Å². The van der Waals surface area contributed by atoms with Crippen molar-refractivity contribution in [1.82, 2.24) is 15.1 Å². The summed E-state index contributed by atoms with van der Waals surface area (Å²) in [5.74, 6) is 1.01. The number of likely N-dealkylation sites (tertiary alicyclic amines) is 2. The Hall–Kier alpha value is -0.650. The Morgan fingerprint density at radius 3 is 2.41 bits per heavy atom. The third-order valence-corrected chi connectivity index (χ3v) is 5.64. The van der Waals surface area contributed by atoms with Gasteiger partial charge in [0, 0.05) is 32.3 Å². The van der Waals surface area contributed by atoms with Gasteiger partial charge in [0.05, 0.1) is 0 Å². The van der Waals surface area contributed by atoms with Gasteiger partial charge >= 0.3 is 0 Å². The summed E-state index contributed by atoms with van der Waals surface area (Å²) in [5, 5.41) is 3.39. The van der Waals surface area contributed by atoms with Crippen molar-refractivity contribution in [2.75, 3.05) is 46.4 Å². The highest BCUT2D eigenvalue weighted by Crippen LogP contribution is 2.23. The van der Waals surface area contributed by atoms with Gasteiger partial charge < -0.3 is 19.9 Å². The van der Waals surface area contributed by atoms with Gasteiger partial charge in [0.2, 0.25) is 0 Å². The Kier molecular flexibility index (Phi) is 5.71. The van der Waals surface area contributed by atoms with Gasteiger partial charge in [-0.15, -0.1) is 0 Å². The van der Waals surface area contributed by atoms with Gasteiger partial charge in [0.1, 0.15) is 6.10 Å². The third kappa shape index (κ3) is 4.00. The van der Waals surface area contributed by atoms with Crippen LogP contribution in [0, 0.1) is 5.92 Å². The lowest BCUT2D eigenvalue weighted by atomic mass is 9.94. The van der Waals surface area contributed by atoms with E-state index in [1.807, 2.05) is 4.90 Å². The highest BCUT2D eigenvalue weighted by atomic mass is 16.5. The molecule has 5 heteroatoms. The summed E-state index contributed by atoms with van der Waals surface area (Å²) in [4.78, 5) is 17.0. The number of nitrogens with zero attached hydrogens (tertiary/aromatic N) is 2. The van der Waals surface area contributed by atoms with E-state index < -0.39 is 0 Å². The second-order valence-corrected chi connectivity index (χ2v) is 7.13. The van der Waals surface area contributed by atoms with Crippen molar-refractivity contribution in [3.8, 4) is 0 Å². The first-order valence-electron chi connectivity index (χ1n) is 9.06. The molecule has 0 unspecified atom stereocenters. The molecule has 0 spiro atoms. The van der Waals surface area contributed by atoms with Gasteiger partial charge in [-0.2, -0.15) is 0 Å². The Bertz CT molecular complexity index is 355. The van der Waals surface area contributed by atoms with E-state index in [2.05, 4.69) is 17.3 Å². The SMILES string of the molecule is CNC1CCN(CC2CCN(C(=O)[C@@H]3CCCO3)CC2)CC1. The van der Waals surface area contributed by atoms with Crippen LogP contribution >= 0.6 is 0 Å². The summed E-state index contributed by atoms with van der Waals surface area (Å²) in [6.07, 6.45) is 6.67. The molecule has 3 rings (SSSR count). The number of piperidine rings is 2. The molecule has 1 atom stereocenters. The minimum atomic E-state index is -0.142. The van der Waals surface area contributed by atoms with Gasteiger partial charge in [-0.3, -0.25) is 4.79 Å². The van der Waals surface area contributed by atoms with Crippen molar-refractivity contribution < 1.29 is 9.53 Å². The van der Waals surface area contributed by atoms with E-state index in [9.17, 15) is 4.79 Å². The van der Waals surface area contributed by atoms with Crippen molar-refractivity contribution in [3.63, 3.8) is 0 Å². The van der Waals surface area contributed by atoms with E-state index in [0.29, 0.717) is 6.04 Å². The van der Waals surface area contributed by atoms with Crippen LogP contribution in [0.15, 0.2) is 0 Å². The van der Waals surface area contributed by atoms with Crippen LogP contribution < -0.4 is 5.32 Å². The molecule has 3 aliphatic heterocycles. The van der Waals surface area contributed by atoms with E-state index in [4.69, 9.17) is 4.74 Å². The fraction of sp³-hybridized carbons (Fsp3) is 0.941. The topological polar surface area (TPSA) is 44.8 Å². The lowest BCUT2D eigenvalue weighted by Gasteiger charge is -2.38. The van der Waals surface area contributed by atoms with Crippen LogP contribution in [0.3, 0.4) is 0 Å². The average Bonchev–Trinajstić information content (AvgIpc) is 3.10. The summed E-state index contributed by atoms with van der Waals surface area (Å²) >= 11 is 0. The number of hydrogen-bond donors (Lipinski definition) is 1. The monoisotopic (exact) mass is 309 g/mol. The maximum Gasteiger partial charge on any atom is 0.251 e. The van der Waals surface area contributed by atoms with Gasteiger partial charge in [0.25, 0.3) is 5.91 Å². The predicted molar refractivity (Wildman–Crippen MR) is 86.8 cm³/mol. The van der Waals surface area contributed by atoms with Crippen LogP contribution in [0.25, 0.3) is 0 Å². The molecule has 0 bridgehead atoms. The first kappa shape index (κ1) is 16.2. The van der Waals surface area contributed by atoms with Crippen LogP contribution in [0.2, 0.25) is 0 Å². The van der Waals surface area contributed by atoms with Gasteiger partial charge in [-0.25, -0.2) is 0 Å². The number of nitrogens with one attached hydrogen (secondary N) is 1. The summed E-state index contributed by atoms with van der Waals surface area (Å²) in [5.41, 5.74) is 0. The first-order chi connectivity index (χ1) is 10.8. The molecule has 5 nitrogen and oxygen atoms in total. The normalized spacial score (nSPS) is 29.1. The zero-order valence-electron chi connectivity index (χ0n) is 13.9. The maximum absolute atomic E-state index is 12.3. The molecule has 0 saturated carbocycles. The van der Waals surface area contributed by atoms with Crippen LogP contribution in [0.1, 0.15) is 38.5 Å². The van der Waals surface area contributed by atoms with E-state index in [1.54, 1.807) is 0 Å². The lowest BCUT2D eigenvalue weighted by molar-refractivity contribution is -0.142. The van der Waals surface area contributed by atoms with E-state index in [-0.39, 0.29) is 12.0 Å². The average molecular weight is 309 g/mol. The van der Waals surface area contributed by atoms with Gasteiger partial charge in [0.15, 0.2) is 0 Å². The highest BCUT2D eigenvalue weighted by molar-refractivity contribution is 5.81. The molecule has 3 aliphatic rings. The number of carbonyl (C=O) groups excluding carboxylic acids is 1. The molecule has 0 aromatic rings. The molecule has 1 N–H and O–H groups in total. The Morgan fingerprint density at radius 1 is 1.09 bits per heavy atom. The Labute approximate surface area is 134 Å². The van der Waals surface area contributed by atoms with Crippen LogP contribution in [0.4, 0.5) is 0 Å². The molecule has 3 fully saturated rings. The first-order valence-corrected chi connectivity index (χ1v) is 9.06. The summed E-state index contributed by atoms with van der Waals surface area (Å²) in [6, 6.07) is 0.710. The third-order valence-electron chi connectivity index (χ3n) is 5.64. The molecular weight excluding hydrogens is 278 g/mol. The standard InChI is InChI=1S/C17H31N3O2/c1-18-15-6-8-19(9-7-15)13-14-4-10-20(11-5-14)17(21)16-3-2-12-22-16/h14-16,18H,2-13H2,1H3/t16-/m0/s1. The number of carbonyl (C=O) groups is 1. The molecule has 0 aromatic heterocycles. The van der Waals surface area contributed by atoms with Gasteiger partial charge in [-0.05, 0) is 64.6 Å². The molecule has 22 heavy (non-hydrogen) atoms. The molecule has 0 radical (unpaired) electrons. The molecule has 1 amide bonds. The molecular formula is C17H31N3O2. The summed E-state index contributed by atoms with van der Waals surface area (Å²) < 4.78 is 5.53. The summed E-state index contributed by atoms with van der Waals surface area (Å²) in [7, 11) is 2.07. The number of rotatable bonds is 4. The molecule has 126 valence electrons. The number of hydrogen-bond acceptors (Lipinski definition) is 4. The van der Waals surface area contributed by atoms with Crippen molar-refractivity contribution in [2.24, 2.45) is 5.92 Å². The summed E-state index contributed by atoms with van der Waals surface area (Å²) in [6.45, 7) is 6.28. The maximum atomic E-state index is 12.3. The molecule has 3 saturated heterocycles. The minimum Gasteiger partial charge on any atom is -0.368 e. The van der Waals surface area contributed by atoms with Crippen molar-refractivity contribution in [2.45, 2.75) is 50.7 Å². The second-order valence-electron chi connectivity index (χ2n) is 7.13. The second kappa shape index (κ2) is 7.75. The Morgan fingerprint density at radius 2 is 1.82 bits per heavy atom. The molecule has 3 heterocycles. The fourth-order valence-electron chi connectivity index (χ4n) is 4.08. The zero-order chi connectivity index (χ0) is 15.4. The largest absolute Gasteiger partial charge is 0.368 e. The quantitative estimate of drug-likeness (QED) is 0.844. The van der Waals surface area contributed by atoms with E-state index in [0.717, 1.165) is 51.3 Å². The number of ether oxygens (including phenoxy) is 1. The van der Waals surface area contributed by atoms with E-state index in [1.165, 1.54) is 32.5 Å². The lowest BCUT2D eigenvalue weighted by Crippen LogP contribution is -2.47. The van der Waals surface area contributed by atoms with Crippen LogP contribution in [0.5, 0.6) is 0 Å². The number of amides is 1. The van der Waals surface area contributed by atoms with Crippen molar-refractivity contribution >= 4 is 5.91 Å². The zero-order valence-corrected chi connectivity index (χ0v) is 13.9. The smallest absolute Gasteiger partial charge is 0.251 e. The fourth-order valence-corrected chi connectivity index (χ4v) is 4.08.